The molecule has 0 atom stereocenters. The van der Waals surface area contributed by atoms with Crippen molar-refractivity contribution in [3.8, 4) is 5.75 Å². The number of hydrogen-bond acceptors (Lipinski definition) is 4. The summed E-state index contributed by atoms with van der Waals surface area (Å²) in [6.07, 6.45) is 0. The van der Waals surface area contributed by atoms with Crippen molar-refractivity contribution in [1.29, 1.82) is 0 Å². The Morgan fingerprint density at radius 3 is 2.62 bits per heavy atom. The molecule has 0 aliphatic carbocycles. The van der Waals surface area contributed by atoms with Crippen LogP contribution in [0.2, 0.25) is 0 Å². The molecule has 24 heavy (non-hydrogen) atoms. The summed E-state index contributed by atoms with van der Waals surface area (Å²) in [7, 11) is 0. The highest BCUT2D eigenvalue weighted by molar-refractivity contribution is 5.91. The number of H-pyrrole nitrogens is 2. The van der Waals surface area contributed by atoms with Crippen LogP contribution in [0.5, 0.6) is 5.75 Å². The first-order valence-corrected chi connectivity index (χ1v) is 7.43. The molecule has 0 fully saturated rings. The molecular weight excluding hydrogens is 306 g/mol. The minimum atomic E-state index is -0.573. The molecule has 2 heterocycles. The van der Waals surface area contributed by atoms with E-state index in [1.54, 1.807) is 12.1 Å². The van der Waals surface area contributed by atoms with Gasteiger partial charge < -0.3 is 4.74 Å². The van der Waals surface area contributed by atoms with E-state index in [-0.39, 0.29) is 5.65 Å². The van der Waals surface area contributed by atoms with Crippen molar-refractivity contribution in [3.05, 3.63) is 81.0 Å². The first kappa shape index (κ1) is 14.2. The zero-order chi connectivity index (χ0) is 16.5. The van der Waals surface area contributed by atoms with Crippen LogP contribution in [-0.2, 0) is 6.61 Å². The minimum absolute atomic E-state index is 0.261. The van der Waals surface area contributed by atoms with Gasteiger partial charge in [-0.3, -0.25) is 14.8 Å². The third-order valence-corrected chi connectivity index (χ3v) is 3.74. The normalized spacial score (nSPS) is 11.0. The standard InChI is InChI=1S/C18H13N3O3/c22-17-14-8-12-6-7-13(24-10-11-4-2-1-3-5-11)9-15(12)19-16(14)20-18(23)21-17/h1-9H,10H2,(H2,19,20,21,22,23). The predicted octanol–water partition coefficient (Wildman–Crippen LogP) is 2.34. The fourth-order valence-electron chi connectivity index (χ4n) is 2.56. The molecule has 118 valence electrons. The van der Waals surface area contributed by atoms with Gasteiger partial charge in [0.2, 0.25) is 0 Å². The first-order chi connectivity index (χ1) is 11.7. The summed E-state index contributed by atoms with van der Waals surface area (Å²) < 4.78 is 5.78. The van der Waals surface area contributed by atoms with Crippen LogP contribution in [0.15, 0.2) is 64.2 Å². The number of rotatable bonds is 3. The number of hydrogen-bond donors (Lipinski definition) is 2. The van der Waals surface area contributed by atoms with Gasteiger partial charge in [0, 0.05) is 11.5 Å². The summed E-state index contributed by atoms with van der Waals surface area (Å²) in [6, 6.07) is 17.0. The third kappa shape index (κ3) is 2.65. The Bertz CT molecular complexity index is 1150. The van der Waals surface area contributed by atoms with Gasteiger partial charge in [-0.2, -0.15) is 0 Å². The maximum absolute atomic E-state index is 11.8. The molecular formula is C18H13N3O3. The molecule has 0 spiro atoms. The molecule has 6 heteroatoms. The second kappa shape index (κ2) is 5.66. The largest absolute Gasteiger partial charge is 0.489 e. The Labute approximate surface area is 135 Å². The molecule has 2 N–H and O–H groups in total. The predicted molar refractivity (Wildman–Crippen MR) is 91.3 cm³/mol. The van der Waals surface area contributed by atoms with Gasteiger partial charge in [0.25, 0.3) is 5.56 Å². The monoisotopic (exact) mass is 319 g/mol. The Balaban J connectivity index is 1.73. The number of benzene rings is 2. The van der Waals surface area contributed by atoms with Crippen molar-refractivity contribution < 1.29 is 4.74 Å². The van der Waals surface area contributed by atoms with Crippen LogP contribution in [-0.4, -0.2) is 15.0 Å². The molecule has 0 aliphatic rings. The molecule has 6 nitrogen and oxygen atoms in total. The van der Waals surface area contributed by atoms with E-state index in [9.17, 15) is 9.59 Å². The van der Waals surface area contributed by atoms with Gasteiger partial charge in [0.1, 0.15) is 18.0 Å². The van der Waals surface area contributed by atoms with Crippen LogP contribution < -0.4 is 16.0 Å². The zero-order valence-corrected chi connectivity index (χ0v) is 12.6. The summed E-state index contributed by atoms with van der Waals surface area (Å²) in [5.74, 6) is 0.672. The highest BCUT2D eigenvalue weighted by Crippen LogP contribution is 2.22. The summed E-state index contributed by atoms with van der Waals surface area (Å²) >= 11 is 0. The van der Waals surface area contributed by atoms with Crippen LogP contribution in [0.1, 0.15) is 5.56 Å². The lowest BCUT2D eigenvalue weighted by molar-refractivity contribution is 0.306. The SMILES string of the molecule is O=c1[nH]c(=O)c2cc3ccc(OCc4ccccc4)cc3nc2[nH]1. The molecule has 2 aromatic carbocycles. The van der Waals surface area contributed by atoms with Crippen LogP contribution in [0.4, 0.5) is 0 Å². The summed E-state index contributed by atoms with van der Waals surface area (Å²) in [6.45, 7) is 0.455. The maximum atomic E-state index is 11.8. The van der Waals surface area contributed by atoms with E-state index in [1.165, 1.54) is 0 Å². The van der Waals surface area contributed by atoms with Crippen molar-refractivity contribution >= 4 is 21.9 Å². The second-order valence-electron chi connectivity index (χ2n) is 5.42. The molecule has 0 unspecified atom stereocenters. The number of fused-ring (bicyclic) bond motifs is 2. The molecule has 0 saturated carbocycles. The molecule has 0 aliphatic heterocycles. The lowest BCUT2D eigenvalue weighted by Gasteiger charge is -2.07. The summed E-state index contributed by atoms with van der Waals surface area (Å²) in [5.41, 5.74) is 0.953. The summed E-state index contributed by atoms with van der Waals surface area (Å²) in [5, 5.41) is 1.15. The van der Waals surface area contributed by atoms with E-state index in [0.717, 1.165) is 10.9 Å². The Morgan fingerprint density at radius 1 is 0.958 bits per heavy atom. The van der Waals surface area contributed by atoms with Crippen LogP contribution in [0.25, 0.3) is 21.9 Å². The average Bonchev–Trinajstić information content (AvgIpc) is 2.59. The topological polar surface area (TPSA) is 87.8 Å². The quantitative estimate of drug-likeness (QED) is 0.567. The number of aromatic amines is 2. The first-order valence-electron chi connectivity index (χ1n) is 7.43. The van der Waals surface area contributed by atoms with Gasteiger partial charge in [-0.15, -0.1) is 0 Å². The summed E-state index contributed by atoms with van der Waals surface area (Å²) in [4.78, 5) is 32.3. The molecule has 4 rings (SSSR count). The maximum Gasteiger partial charge on any atom is 0.327 e. The van der Waals surface area contributed by atoms with E-state index in [1.807, 2.05) is 42.5 Å². The van der Waals surface area contributed by atoms with Crippen molar-refractivity contribution in [2.45, 2.75) is 6.61 Å². The van der Waals surface area contributed by atoms with Gasteiger partial charge in [-0.05, 0) is 23.8 Å². The average molecular weight is 319 g/mol. The third-order valence-electron chi connectivity index (χ3n) is 3.74. The van der Waals surface area contributed by atoms with E-state index < -0.39 is 11.2 Å². The van der Waals surface area contributed by atoms with E-state index in [0.29, 0.717) is 23.3 Å². The fraction of sp³-hybridized carbons (Fsp3) is 0.0556. The Kier molecular flexibility index (Phi) is 3.35. The van der Waals surface area contributed by atoms with Crippen molar-refractivity contribution in [3.63, 3.8) is 0 Å². The van der Waals surface area contributed by atoms with Crippen molar-refractivity contribution in [1.82, 2.24) is 15.0 Å². The number of nitrogens with one attached hydrogen (secondary N) is 2. The highest BCUT2D eigenvalue weighted by atomic mass is 16.5. The molecule has 0 amide bonds. The second-order valence-corrected chi connectivity index (χ2v) is 5.42. The van der Waals surface area contributed by atoms with Gasteiger partial charge in [0.05, 0.1) is 10.9 Å². The van der Waals surface area contributed by atoms with E-state index >= 15 is 0 Å². The zero-order valence-electron chi connectivity index (χ0n) is 12.6. The van der Waals surface area contributed by atoms with Gasteiger partial charge in [0.15, 0.2) is 0 Å². The molecule has 2 aromatic heterocycles. The minimum Gasteiger partial charge on any atom is -0.489 e. The van der Waals surface area contributed by atoms with Crippen LogP contribution in [0, 0.1) is 0 Å². The van der Waals surface area contributed by atoms with Crippen LogP contribution >= 0.6 is 0 Å². The number of ether oxygens (including phenoxy) is 1. The van der Waals surface area contributed by atoms with E-state index in [4.69, 9.17) is 4.74 Å². The lowest BCUT2D eigenvalue weighted by atomic mass is 10.2. The number of nitrogens with zero attached hydrogens (tertiary/aromatic N) is 1. The van der Waals surface area contributed by atoms with Crippen LogP contribution in [0.3, 0.4) is 0 Å². The fourth-order valence-corrected chi connectivity index (χ4v) is 2.56. The van der Waals surface area contributed by atoms with Gasteiger partial charge in [-0.25, -0.2) is 9.78 Å². The number of pyridine rings is 1. The molecule has 4 aromatic rings. The molecule has 0 radical (unpaired) electrons. The molecule has 0 bridgehead atoms. The smallest absolute Gasteiger partial charge is 0.327 e. The van der Waals surface area contributed by atoms with Gasteiger partial charge >= 0.3 is 5.69 Å². The van der Waals surface area contributed by atoms with Gasteiger partial charge in [-0.1, -0.05) is 30.3 Å². The Morgan fingerprint density at radius 2 is 1.79 bits per heavy atom. The number of aromatic nitrogens is 3. The van der Waals surface area contributed by atoms with Crippen molar-refractivity contribution in [2.75, 3.05) is 0 Å². The van der Waals surface area contributed by atoms with Crippen molar-refractivity contribution in [2.24, 2.45) is 0 Å². The molecule has 0 saturated heterocycles. The van der Waals surface area contributed by atoms with E-state index in [2.05, 4.69) is 15.0 Å². The Hall–Kier alpha value is -3.41. The highest BCUT2D eigenvalue weighted by Gasteiger charge is 2.06. The lowest BCUT2D eigenvalue weighted by Crippen LogP contribution is -2.22.